The molecule has 1 saturated carbocycles. The van der Waals surface area contributed by atoms with Crippen LogP contribution in [0.5, 0.6) is 0 Å². The summed E-state index contributed by atoms with van der Waals surface area (Å²) in [6, 6.07) is 10.7. The van der Waals surface area contributed by atoms with Gasteiger partial charge in [-0.2, -0.15) is 0 Å². The van der Waals surface area contributed by atoms with Crippen LogP contribution in [0.25, 0.3) is 0 Å². The number of benzene rings is 1. The molecule has 150 valence electrons. The van der Waals surface area contributed by atoms with E-state index in [2.05, 4.69) is 40.0 Å². The summed E-state index contributed by atoms with van der Waals surface area (Å²) in [6.07, 6.45) is 4.59. The molecule has 1 aliphatic rings. The van der Waals surface area contributed by atoms with Crippen molar-refractivity contribution in [2.75, 3.05) is 26.2 Å². The van der Waals surface area contributed by atoms with Gasteiger partial charge in [-0.3, -0.25) is 9.79 Å². The SMILES string of the molecule is CCNC(=NCCCC(=O)NC1CC1)NCCCOC(C)c1ccccc1. The number of amides is 1. The molecular weight excluding hydrogens is 340 g/mol. The van der Waals surface area contributed by atoms with E-state index in [1.165, 1.54) is 5.56 Å². The third-order valence-corrected chi connectivity index (χ3v) is 4.37. The number of aliphatic imine (C=N–C) groups is 1. The highest BCUT2D eigenvalue weighted by Gasteiger charge is 2.22. The fraction of sp³-hybridized carbons (Fsp3) is 0.619. The van der Waals surface area contributed by atoms with Gasteiger partial charge in [0.25, 0.3) is 0 Å². The van der Waals surface area contributed by atoms with E-state index in [-0.39, 0.29) is 12.0 Å². The molecule has 3 N–H and O–H groups in total. The Morgan fingerprint density at radius 3 is 2.70 bits per heavy atom. The molecule has 6 nitrogen and oxygen atoms in total. The first-order chi connectivity index (χ1) is 13.2. The van der Waals surface area contributed by atoms with Crippen LogP contribution >= 0.6 is 0 Å². The van der Waals surface area contributed by atoms with Crippen LogP contribution in [-0.2, 0) is 9.53 Å². The summed E-state index contributed by atoms with van der Waals surface area (Å²) in [7, 11) is 0. The summed E-state index contributed by atoms with van der Waals surface area (Å²) in [4.78, 5) is 16.2. The Balaban J connectivity index is 1.56. The number of nitrogens with zero attached hydrogens (tertiary/aromatic N) is 1. The largest absolute Gasteiger partial charge is 0.374 e. The van der Waals surface area contributed by atoms with Crippen LogP contribution in [0.2, 0.25) is 0 Å². The lowest BCUT2D eigenvalue weighted by Crippen LogP contribution is -2.38. The first-order valence-electron chi connectivity index (χ1n) is 10.2. The lowest BCUT2D eigenvalue weighted by molar-refractivity contribution is -0.121. The van der Waals surface area contributed by atoms with Crippen molar-refractivity contribution in [2.24, 2.45) is 4.99 Å². The number of guanidine groups is 1. The van der Waals surface area contributed by atoms with Gasteiger partial charge in [-0.05, 0) is 45.1 Å². The molecule has 0 spiro atoms. The van der Waals surface area contributed by atoms with Gasteiger partial charge in [0.05, 0.1) is 6.10 Å². The molecule has 0 radical (unpaired) electrons. The molecule has 2 rings (SSSR count). The molecule has 1 amide bonds. The molecule has 1 aromatic carbocycles. The molecular formula is C21H34N4O2. The Hall–Kier alpha value is -2.08. The fourth-order valence-electron chi connectivity index (χ4n) is 2.66. The molecule has 1 fully saturated rings. The molecule has 0 heterocycles. The zero-order chi connectivity index (χ0) is 19.3. The molecule has 1 aromatic rings. The summed E-state index contributed by atoms with van der Waals surface area (Å²) < 4.78 is 5.89. The first kappa shape index (κ1) is 21.2. The number of hydrogen-bond donors (Lipinski definition) is 3. The predicted molar refractivity (Wildman–Crippen MR) is 110 cm³/mol. The highest BCUT2D eigenvalue weighted by Crippen LogP contribution is 2.18. The van der Waals surface area contributed by atoms with Gasteiger partial charge in [-0.1, -0.05) is 30.3 Å². The molecule has 0 aliphatic heterocycles. The third kappa shape index (κ3) is 9.43. The zero-order valence-corrected chi connectivity index (χ0v) is 16.7. The van der Waals surface area contributed by atoms with Gasteiger partial charge in [0.2, 0.25) is 5.91 Å². The van der Waals surface area contributed by atoms with Crippen LogP contribution in [0.4, 0.5) is 0 Å². The average Bonchev–Trinajstić information content (AvgIpc) is 3.49. The Morgan fingerprint density at radius 2 is 2.00 bits per heavy atom. The third-order valence-electron chi connectivity index (χ3n) is 4.37. The number of nitrogens with one attached hydrogen (secondary N) is 3. The maximum absolute atomic E-state index is 11.7. The Labute approximate surface area is 163 Å². The number of ether oxygens (including phenoxy) is 1. The van der Waals surface area contributed by atoms with Crippen molar-refractivity contribution >= 4 is 11.9 Å². The Bertz CT molecular complexity index is 573. The maximum Gasteiger partial charge on any atom is 0.220 e. The van der Waals surface area contributed by atoms with Crippen molar-refractivity contribution < 1.29 is 9.53 Å². The number of carbonyl (C=O) groups excluding carboxylic acids is 1. The predicted octanol–water partition coefficient (Wildman–Crippen LogP) is 2.77. The van der Waals surface area contributed by atoms with Crippen LogP contribution in [-0.4, -0.2) is 44.1 Å². The van der Waals surface area contributed by atoms with Crippen molar-refractivity contribution in [2.45, 2.75) is 58.1 Å². The molecule has 27 heavy (non-hydrogen) atoms. The molecule has 1 aliphatic carbocycles. The number of hydrogen-bond acceptors (Lipinski definition) is 3. The fourth-order valence-corrected chi connectivity index (χ4v) is 2.66. The summed E-state index contributed by atoms with van der Waals surface area (Å²) in [5, 5.41) is 9.56. The minimum absolute atomic E-state index is 0.106. The molecule has 6 heteroatoms. The van der Waals surface area contributed by atoms with Gasteiger partial charge in [0.15, 0.2) is 5.96 Å². The van der Waals surface area contributed by atoms with Crippen molar-refractivity contribution in [1.29, 1.82) is 0 Å². The number of rotatable bonds is 12. The van der Waals surface area contributed by atoms with Crippen molar-refractivity contribution in [3.05, 3.63) is 35.9 Å². The van der Waals surface area contributed by atoms with Gasteiger partial charge < -0.3 is 20.7 Å². The van der Waals surface area contributed by atoms with Gasteiger partial charge in [0, 0.05) is 38.7 Å². The topological polar surface area (TPSA) is 74.8 Å². The van der Waals surface area contributed by atoms with E-state index in [1.54, 1.807) is 0 Å². The van der Waals surface area contributed by atoms with Crippen LogP contribution in [0.3, 0.4) is 0 Å². The second kappa shape index (κ2) is 12.3. The lowest BCUT2D eigenvalue weighted by atomic mass is 10.1. The van der Waals surface area contributed by atoms with Gasteiger partial charge in [-0.15, -0.1) is 0 Å². The maximum atomic E-state index is 11.7. The highest BCUT2D eigenvalue weighted by atomic mass is 16.5. The highest BCUT2D eigenvalue weighted by molar-refractivity contribution is 5.79. The molecule has 0 aromatic heterocycles. The minimum Gasteiger partial charge on any atom is -0.374 e. The molecule has 1 unspecified atom stereocenters. The van der Waals surface area contributed by atoms with E-state index >= 15 is 0 Å². The summed E-state index contributed by atoms with van der Waals surface area (Å²) in [5.41, 5.74) is 1.20. The molecule has 0 saturated heterocycles. The summed E-state index contributed by atoms with van der Waals surface area (Å²) in [5.74, 6) is 0.951. The van der Waals surface area contributed by atoms with Crippen LogP contribution in [0, 0.1) is 0 Å². The Morgan fingerprint density at radius 1 is 1.22 bits per heavy atom. The van der Waals surface area contributed by atoms with Crippen molar-refractivity contribution in [3.8, 4) is 0 Å². The van der Waals surface area contributed by atoms with E-state index in [4.69, 9.17) is 4.74 Å². The average molecular weight is 375 g/mol. The second-order valence-corrected chi connectivity index (χ2v) is 6.91. The summed E-state index contributed by atoms with van der Waals surface area (Å²) >= 11 is 0. The van der Waals surface area contributed by atoms with E-state index in [0.717, 1.165) is 44.7 Å². The van der Waals surface area contributed by atoms with Crippen molar-refractivity contribution in [3.63, 3.8) is 0 Å². The van der Waals surface area contributed by atoms with Crippen LogP contribution in [0.1, 0.15) is 57.6 Å². The van der Waals surface area contributed by atoms with E-state index in [1.807, 2.05) is 25.1 Å². The van der Waals surface area contributed by atoms with Gasteiger partial charge in [0.1, 0.15) is 0 Å². The van der Waals surface area contributed by atoms with Crippen molar-refractivity contribution in [1.82, 2.24) is 16.0 Å². The smallest absolute Gasteiger partial charge is 0.220 e. The second-order valence-electron chi connectivity index (χ2n) is 6.91. The normalized spacial score (nSPS) is 15.3. The van der Waals surface area contributed by atoms with E-state index in [9.17, 15) is 4.79 Å². The zero-order valence-electron chi connectivity index (χ0n) is 16.7. The molecule has 1 atom stereocenters. The Kier molecular flexibility index (Phi) is 9.69. The number of carbonyl (C=O) groups is 1. The standard InChI is InChI=1S/C21H34N4O2/c1-3-22-21(23-14-7-11-20(26)25-19-12-13-19)24-15-8-16-27-17(2)18-9-5-4-6-10-18/h4-6,9-10,17,19H,3,7-8,11-16H2,1-2H3,(H,25,26)(H2,22,23,24). The van der Waals surface area contributed by atoms with Crippen LogP contribution < -0.4 is 16.0 Å². The minimum atomic E-state index is 0.106. The summed E-state index contributed by atoms with van der Waals surface area (Å²) in [6.45, 7) is 7.09. The van der Waals surface area contributed by atoms with E-state index in [0.29, 0.717) is 25.6 Å². The van der Waals surface area contributed by atoms with Gasteiger partial charge >= 0.3 is 0 Å². The monoisotopic (exact) mass is 374 g/mol. The quantitative estimate of drug-likeness (QED) is 0.299. The lowest BCUT2D eigenvalue weighted by Gasteiger charge is -2.14. The first-order valence-corrected chi connectivity index (χ1v) is 10.2. The van der Waals surface area contributed by atoms with E-state index < -0.39 is 0 Å². The van der Waals surface area contributed by atoms with Gasteiger partial charge in [-0.25, -0.2) is 0 Å². The molecule has 0 bridgehead atoms. The van der Waals surface area contributed by atoms with Crippen LogP contribution in [0.15, 0.2) is 35.3 Å².